The summed E-state index contributed by atoms with van der Waals surface area (Å²) in [5.74, 6) is 0.451. The predicted octanol–water partition coefficient (Wildman–Crippen LogP) is 2.68. The largest absolute Gasteiger partial charge is 0.424 e. The zero-order valence-electron chi connectivity index (χ0n) is 25.3. The Labute approximate surface area is 259 Å². The predicted molar refractivity (Wildman–Crippen MR) is 170 cm³/mol. The van der Waals surface area contributed by atoms with E-state index in [0.29, 0.717) is 53.3 Å². The molecule has 13 heteroatoms. The Morgan fingerprint density at radius 2 is 1.71 bits per heavy atom. The van der Waals surface area contributed by atoms with Gasteiger partial charge in [-0.2, -0.15) is 10.1 Å². The number of hydrogen-bond donors (Lipinski definition) is 2. The highest BCUT2D eigenvalue weighted by Crippen LogP contribution is 2.33. The molecule has 2 aliphatic heterocycles. The second kappa shape index (κ2) is 11.8. The normalized spacial score (nSPS) is 15.6. The quantitative estimate of drug-likeness (QED) is 0.281. The highest BCUT2D eigenvalue weighted by Gasteiger charge is 2.25. The second-order valence-corrected chi connectivity index (χ2v) is 11.7. The Morgan fingerprint density at radius 3 is 2.51 bits per heavy atom. The van der Waals surface area contributed by atoms with E-state index in [2.05, 4.69) is 45.0 Å². The number of piperazine rings is 1. The Morgan fingerprint density at radius 1 is 0.911 bits per heavy atom. The molecule has 0 bridgehead atoms. The molecule has 3 aromatic heterocycles. The lowest BCUT2D eigenvalue weighted by atomic mass is 9.97. The monoisotopic (exact) mass is 608 g/mol. The SMILES string of the molecule is CCN1CCN(C(=O)CCC(=O)N2CCc3cc(Cn4nc(-c5ccc6oc(N)nc6c5)c5c(N)ncnc54)ccc3C2)CC1. The maximum absolute atomic E-state index is 13.0. The summed E-state index contributed by atoms with van der Waals surface area (Å²) in [6.07, 6.45) is 2.71. The molecule has 45 heavy (non-hydrogen) atoms. The van der Waals surface area contributed by atoms with Crippen LogP contribution in [-0.4, -0.2) is 90.5 Å². The Balaban J connectivity index is 1.04. The van der Waals surface area contributed by atoms with E-state index in [-0.39, 0.29) is 30.7 Å². The molecule has 4 N–H and O–H groups in total. The first-order valence-corrected chi connectivity index (χ1v) is 15.4. The number of rotatable bonds is 7. The minimum absolute atomic E-state index is 0.0320. The van der Waals surface area contributed by atoms with Crippen molar-refractivity contribution < 1.29 is 14.0 Å². The molecule has 232 valence electrons. The van der Waals surface area contributed by atoms with Gasteiger partial charge in [-0.25, -0.2) is 14.6 Å². The number of oxazole rings is 1. The number of anilines is 2. The minimum Gasteiger partial charge on any atom is -0.424 e. The van der Waals surface area contributed by atoms with Gasteiger partial charge in [0.25, 0.3) is 6.01 Å². The van der Waals surface area contributed by atoms with Crippen LogP contribution in [0, 0.1) is 0 Å². The van der Waals surface area contributed by atoms with E-state index in [1.165, 1.54) is 11.9 Å². The lowest BCUT2D eigenvalue weighted by molar-refractivity contribution is -0.138. The van der Waals surface area contributed by atoms with Gasteiger partial charge < -0.3 is 30.6 Å². The summed E-state index contributed by atoms with van der Waals surface area (Å²) in [4.78, 5) is 44.8. The van der Waals surface area contributed by atoms with Crippen LogP contribution in [0.2, 0.25) is 0 Å². The standard InChI is InChI=1S/C32H36N10O3/c1-2-39-11-13-40(14-12-39)26(43)7-8-27(44)41-10-9-21-15-20(3-4-23(21)18-41)17-42-31-28(30(33)35-19-36-31)29(38-42)22-5-6-25-24(16-22)37-32(34)45-25/h3-6,15-16,19H,2,7-14,17-18H2,1H3,(H2,34,37)(H2,33,35,36). The molecular formula is C32H36N10O3. The van der Waals surface area contributed by atoms with Crippen LogP contribution in [0.5, 0.6) is 0 Å². The molecule has 13 nitrogen and oxygen atoms in total. The molecule has 2 aromatic carbocycles. The van der Waals surface area contributed by atoms with Crippen LogP contribution in [0.1, 0.15) is 36.5 Å². The summed E-state index contributed by atoms with van der Waals surface area (Å²) in [5.41, 5.74) is 18.8. The Bertz CT molecular complexity index is 1910. The maximum atomic E-state index is 13.0. The number of benzene rings is 2. The van der Waals surface area contributed by atoms with Crippen molar-refractivity contribution in [2.24, 2.45) is 0 Å². The van der Waals surface area contributed by atoms with E-state index in [0.717, 1.165) is 55.8 Å². The van der Waals surface area contributed by atoms with Gasteiger partial charge in [-0.15, -0.1) is 0 Å². The van der Waals surface area contributed by atoms with Crippen LogP contribution in [0.15, 0.2) is 47.1 Å². The number of fused-ring (bicyclic) bond motifs is 3. The van der Waals surface area contributed by atoms with E-state index in [4.69, 9.17) is 21.0 Å². The van der Waals surface area contributed by atoms with E-state index >= 15 is 0 Å². The molecule has 0 spiro atoms. The minimum atomic E-state index is 0.0320. The molecule has 0 unspecified atom stereocenters. The van der Waals surface area contributed by atoms with Crippen molar-refractivity contribution in [3.8, 4) is 11.3 Å². The van der Waals surface area contributed by atoms with Gasteiger partial charge in [0.2, 0.25) is 11.8 Å². The van der Waals surface area contributed by atoms with E-state index in [1.807, 2.05) is 32.7 Å². The Hall–Kier alpha value is -5.04. The maximum Gasteiger partial charge on any atom is 0.292 e. The smallest absolute Gasteiger partial charge is 0.292 e. The highest BCUT2D eigenvalue weighted by atomic mass is 16.4. The van der Waals surface area contributed by atoms with Crippen LogP contribution in [0.4, 0.5) is 11.8 Å². The molecule has 5 aromatic rings. The van der Waals surface area contributed by atoms with Crippen molar-refractivity contribution in [1.29, 1.82) is 0 Å². The first-order valence-electron chi connectivity index (χ1n) is 15.4. The van der Waals surface area contributed by atoms with Crippen molar-refractivity contribution in [2.75, 3.05) is 50.7 Å². The molecule has 1 fully saturated rings. The van der Waals surface area contributed by atoms with Crippen LogP contribution < -0.4 is 11.5 Å². The Kier molecular flexibility index (Phi) is 7.53. The molecule has 1 saturated heterocycles. The molecule has 7 rings (SSSR count). The van der Waals surface area contributed by atoms with Gasteiger partial charge in [-0.05, 0) is 47.9 Å². The fraction of sp³-hybridized carbons (Fsp3) is 0.375. The van der Waals surface area contributed by atoms with Gasteiger partial charge >= 0.3 is 0 Å². The van der Waals surface area contributed by atoms with Crippen LogP contribution >= 0.6 is 0 Å². The van der Waals surface area contributed by atoms with Crippen LogP contribution in [0.3, 0.4) is 0 Å². The van der Waals surface area contributed by atoms with Gasteiger partial charge in [0.1, 0.15) is 23.4 Å². The number of hydrogen-bond acceptors (Lipinski definition) is 10. The molecule has 0 radical (unpaired) electrons. The summed E-state index contributed by atoms with van der Waals surface area (Å²) in [7, 11) is 0. The van der Waals surface area contributed by atoms with Gasteiger partial charge in [0.15, 0.2) is 11.2 Å². The van der Waals surface area contributed by atoms with E-state index < -0.39 is 0 Å². The van der Waals surface area contributed by atoms with Crippen LogP contribution in [0.25, 0.3) is 33.4 Å². The molecular weight excluding hydrogens is 572 g/mol. The average Bonchev–Trinajstić information content (AvgIpc) is 3.62. The number of nitrogen functional groups attached to an aromatic ring is 2. The number of likely N-dealkylation sites (N-methyl/N-ethyl adjacent to an activating group) is 1. The van der Waals surface area contributed by atoms with Gasteiger partial charge in [0, 0.05) is 57.7 Å². The van der Waals surface area contributed by atoms with Crippen molar-refractivity contribution in [2.45, 2.75) is 39.3 Å². The lowest BCUT2D eigenvalue weighted by Gasteiger charge is -2.34. The number of aromatic nitrogens is 5. The number of amides is 2. The van der Waals surface area contributed by atoms with Crippen molar-refractivity contribution in [3.05, 3.63) is 59.4 Å². The zero-order chi connectivity index (χ0) is 31.1. The lowest BCUT2D eigenvalue weighted by Crippen LogP contribution is -2.48. The number of nitrogens with two attached hydrogens (primary N) is 2. The fourth-order valence-corrected chi connectivity index (χ4v) is 6.37. The summed E-state index contributed by atoms with van der Waals surface area (Å²) >= 11 is 0. The molecule has 5 heterocycles. The number of carbonyl (C=O) groups is 2. The highest BCUT2D eigenvalue weighted by molar-refractivity contribution is 5.99. The third-order valence-corrected chi connectivity index (χ3v) is 8.93. The molecule has 2 amide bonds. The third kappa shape index (κ3) is 5.66. The average molecular weight is 609 g/mol. The van der Waals surface area contributed by atoms with Gasteiger partial charge in [0.05, 0.1) is 11.9 Å². The van der Waals surface area contributed by atoms with Crippen molar-refractivity contribution in [1.82, 2.24) is 39.4 Å². The molecule has 0 saturated carbocycles. The summed E-state index contributed by atoms with van der Waals surface area (Å²) in [6.45, 7) is 8.08. The molecule has 2 aliphatic rings. The summed E-state index contributed by atoms with van der Waals surface area (Å²) < 4.78 is 7.26. The first-order chi connectivity index (χ1) is 21.9. The van der Waals surface area contributed by atoms with Crippen LogP contribution in [-0.2, 0) is 29.1 Å². The number of carbonyl (C=O) groups excluding carboxylic acids is 2. The molecule has 0 atom stereocenters. The summed E-state index contributed by atoms with van der Waals surface area (Å²) in [6, 6.07) is 12.0. The van der Waals surface area contributed by atoms with Gasteiger partial charge in [-0.1, -0.05) is 25.1 Å². The first kappa shape index (κ1) is 28.7. The van der Waals surface area contributed by atoms with Gasteiger partial charge in [-0.3, -0.25) is 9.59 Å². The topological polar surface area (TPSA) is 166 Å². The van der Waals surface area contributed by atoms with Crippen molar-refractivity contribution in [3.63, 3.8) is 0 Å². The fourth-order valence-electron chi connectivity index (χ4n) is 6.37. The molecule has 0 aliphatic carbocycles. The number of nitrogens with zero attached hydrogens (tertiary/aromatic N) is 8. The third-order valence-electron chi connectivity index (χ3n) is 8.93. The zero-order valence-corrected chi connectivity index (χ0v) is 25.3. The summed E-state index contributed by atoms with van der Waals surface area (Å²) in [5, 5.41) is 5.58. The van der Waals surface area contributed by atoms with Crippen molar-refractivity contribution >= 4 is 45.8 Å². The second-order valence-electron chi connectivity index (χ2n) is 11.7. The van der Waals surface area contributed by atoms with E-state index in [1.54, 1.807) is 0 Å². The van der Waals surface area contributed by atoms with E-state index in [9.17, 15) is 9.59 Å².